The predicted octanol–water partition coefficient (Wildman–Crippen LogP) is 7.52. The zero-order valence-corrected chi connectivity index (χ0v) is 30.2. The van der Waals surface area contributed by atoms with Gasteiger partial charge in [0.1, 0.15) is 23.0 Å². The highest BCUT2D eigenvalue weighted by molar-refractivity contribution is 7.84. The van der Waals surface area contributed by atoms with Crippen molar-refractivity contribution in [2.24, 2.45) is 17.8 Å². The second kappa shape index (κ2) is 14.8. The molecule has 0 radical (unpaired) electrons. The first kappa shape index (κ1) is 34.7. The Morgan fingerprint density at radius 2 is 1.98 bits per heavy atom. The average Bonchev–Trinajstić information content (AvgIpc) is 3.37. The van der Waals surface area contributed by atoms with Crippen LogP contribution in [-0.4, -0.2) is 53.3 Å². The third kappa shape index (κ3) is 7.38. The molecule has 1 aromatic heterocycles. The second-order valence-corrected chi connectivity index (χ2v) is 16.1. The molecule has 1 amide bonds. The standard InChI is InChI=1S/C33H41ClN2O4S.C5H7NO/c1-21-6-4-8-30(39-3)27-12-9-25(27)18-36-19-33(15-5-7-23-16-26(34)11-13-28(23)33)20-40-31-14-10-24(17-29(31)36)32(37)35-41(38)22(21)2;1-4-3-7-5(2)6-4/h4,8,10-11,13-14,16-17,21-22,25,27,30H,5-7,9,12,15,18-20H2,1-3H3,(H,35,37);3H,1-2H3/b8-4+;/t21?,22?,25?,27?,30?,33-,41?;/m0./s1. The van der Waals surface area contributed by atoms with E-state index >= 15 is 0 Å². The zero-order chi connectivity index (χ0) is 34.0. The highest BCUT2D eigenvalue weighted by atomic mass is 35.5. The number of anilines is 1. The Hall–Kier alpha value is -3.14. The number of allylic oxidation sites excluding steroid dienone is 1. The van der Waals surface area contributed by atoms with Crippen LogP contribution in [0.1, 0.15) is 79.0 Å². The second-order valence-electron chi connectivity index (χ2n) is 14.1. The van der Waals surface area contributed by atoms with Gasteiger partial charge in [-0.1, -0.05) is 36.7 Å². The Morgan fingerprint density at radius 1 is 1.15 bits per heavy atom. The van der Waals surface area contributed by atoms with E-state index in [2.05, 4.69) is 45.8 Å². The van der Waals surface area contributed by atoms with Crippen molar-refractivity contribution in [1.82, 2.24) is 9.71 Å². The van der Waals surface area contributed by atoms with Gasteiger partial charge in [0, 0.05) is 43.1 Å². The van der Waals surface area contributed by atoms with E-state index in [9.17, 15) is 9.00 Å². The van der Waals surface area contributed by atoms with Crippen LogP contribution in [0.25, 0.3) is 0 Å². The minimum atomic E-state index is -1.50. The lowest BCUT2D eigenvalue weighted by atomic mass is 9.68. The average molecular weight is 694 g/mol. The third-order valence-electron chi connectivity index (χ3n) is 10.8. The van der Waals surface area contributed by atoms with Gasteiger partial charge in [0.15, 0.2) is 5.89 Å². The number of carbonyl (C=O) groups excluding carboxylic acids is 1. The van der Waals surface area contributed by atoms with Crippen LogP contribution in [0, 0.1) is 31.6 Å². The van der Waals surface area contributed by atoms with E-state index in [0.29, 0.717) is 24.0 Å². The number of amides is 1. The number of nitrogens with one attached hydrogen (secondary N) is 1. The number of oxazole rings is 1. The Morgan fingerprint density at radius 3 is 2.67 bits per heavy atom. The SMILES string of the molecule is COC1/C=C/CC(C)C(C)S(=O)NC(=O)c2ccc3c(c2)N(CC2CCC21)C[C@@]1(CCCc2cc(Cl)ccc21)CO3.Cc1coc(C)n1. The van der Waals surface area contributed by atoms with Crippen LogP contribution < -0.4 is 14.4 Å². The molecule has 3 aromatic rings. The fourth-order valence-electron chi connectivity index (χ4n) is 7.73. The predicted molar refractivity (Wildman–Crippen MR) is 191 cm³/mol. The summed E-state index contributed by atoms with van der Waals surface area (Å²) in [5.41, 5.74) is 4.84. The van der Waals surface area contributed by atoms with Gasteiger partial charge in [-0.3, -0.25) is 9.52 Å². The van der Waals surface area contributed by atoms with E-state index in [-0.39, 0.29) is 28.6 Å². The first-order chi connectivity index (χ1) is 23.1. The largest absolute Gasteiger partial charge is 0.490 e. The molecule has 258 valence electrons. The van der Waals surface area contributed by atoms with Crippen LogP contribution in [0.4, 0.5) is 5.69 Å². The van der Waals surface area contributed by atoms with Crippen molar-refractivity contribution in [3.8, 4) is 5.75 Å². The van der Waals surface area contributed by atoms with Crippen LogP contribution >= 0.6 is 11.6 Å². The van der Waals surface area contributed by atoms with E-state index in [0.717, 1.165) is 79.7 Å². The number of ether oxygens (including phenoxy) is 2. The van der Waals surface area contributed by atoms with Gasteiger partial charge >= 0.3 is 0 Å². The summed E-state index contributed by atoms with van der Waals surface area (Å²) in [6.45, 7) is 9.99. The van der Waals surface area contributed by atoms with E-state index < -0.39 is 11.0 Å². The first-order valence-electron chi connectivity index (χ1n) is 17.2. The molecule has 2 aromatic carbocycles. The van der Waals surface area contributed by atoms with Crippen molar-refractivity contribution < 1.29 is 22.9 Å². The number of rotatable bonds is 1. The van der Waals surface area contributed by atoms with Gasteiger partial charge in [-0.2, -0.15) is 0 Å². The Balaban J connectivity index is 0.000000510. The number of aryl methyl sites for hydroxylation is 3. The smallest absolute Gasteiger partial charge is 0.263 e. The maximum Gasteiger partial charge on any atom is 0.263 e. The summed E-state index contributed by atoms with van der Waals surface area (Å²) >= 11 is 6.41. The maximum absolute atomic E-state index is 13.3. The van der Waals surface area contributed by atoms with Crippen LogP contribution in [-0.2, 0) is 27.6 Å². The van der Waals surface area contributed by atoms with Gasteiger partial charge in [0.05, 0.1) is 29.3 Å². The Kier molecular flexibility index (Phi) is 10.7. The molecule has 0 saturated heterocycles. The molecule has 4 aliphatic rings. The van der Waals surface area contributed by atoms with Gasteiger partial charge in [0.2, 0.25) is 0 Å². The van der Waals surface area contributed by atoms with Crippen molar-refractivity contribution in [3.05, 3.63) is 88.1 Å². The molecule has 48 heavy (non-hydrogen) atoms. The molecule has 1 saturated carbocycles. The summed E-state index contributed by atoms with van der Waals surface area (Å²) in [6, 6.07) is 12.0. The highest BCUT2D eigenvalue weighted by Gasteiger charge is 2.44. The van der Waals surface area contributed by atoms with E-state index in [4.69, 9.17) is 25.5 Å². The monoisotopic (exact) mass is 693 g/mol. The lowest BCUT2D eigenvalue weighted by Crippen LogP contribution is -2.49. The number of halogens is 1. The molecule has 7 atom stereocenters. The van der Waals surface area contributed by atoms with Crippen molar-refractivity contribution in [2.75, 3.05) is 31.7 Å². The van der Waals surface area contributed by atoms with Crippen molar-refractivity contribution in [3.63, 3.8) is 0 Å². The van der Waals surface area contributed by atoms with Crippen LogP contribution in [0.15, 0.2) is 59.2 Å². The molecule has 2 bridgehead atoms. The molecule has 1 fully saturated rings. The normalized spacial score (nSPS) is 30.7. The topological polar surface area (TPSA) is 93.9 Å². The van der Waals surface area contributed by atoms with Crippen molar-refractivity contribution in [2.45, 2.75) is 83.0 Å². The van der Waals surface area contributed by atoms with Crippen molar-refractivity contribution >= 4 is 34.2 Å². The highest BCUT2D eigenvalue weighted by Crippen LogP contribution is 2.47. The molecule has 2 aliphatic heterocycles. The summed E-state index contributed by atoms with van der Waals surface area (Å²) in [5.74, 6) is 2.26. The molecule has 2 aliphatic carbocycles. The number of carbonyl (C=O) groups is 1. The molecule has 10 heteroatoms. The summed E-state index contributed by atoms with van der Waals surface area (Å²) in [6.07, 6.45) is 12.3. The van der Waals surface area contributed by atoms with E-state index in [1.807, 2.05) is 39.0 Å². The maximum atomic E-state index is 13.3. The number of benzene rings is 2. The summed E-state index contributed by atoms with van der Waals surface area (Å²) in [5, 5.41) is 0.589. The number of hydrogen-bond donors (Lipinski definition) is 1. The lowest BCUT2D eigenvalue weighted by Gasteiger charge is -2.46. The number of hydrogen-bond acceptors (Lipinski definition) is 7. The molecule has 3 heterocycles. The molecule has 1 spiro atoms. The number of methoxy groups -OCH3 is 1. The lowest BCUT2D eigenvalue weighted by molar-refractivity contribution is 0.0131. The molecule has 6 unspecified atom stereocenters. The quantitative estimate of drug-likeness (QED) is 0.264. The minimum Gasteiger partial charge on any atom is -0.490 e. The summed E-state index contributed by atoms with van der Waals surface area (Å²) < 4.78 is 33.4. The van der Waals surface area contributed by atoms with Gasteiger partial charge < -0.3 is 18.8 Å². The zero-order valence-electron chi connectivity index (χ0n) is 28.7. The Labute approximate surface area is 292 Å². The Bertz CT molecular complexity index is 1660. The minimum absolute atomic E-state index is 0.0508. The van der Waals surface area contributed by atoms with Gasteiger partial charge in [-0.05, 0) is 112 Å². The van der Waals surface area contributed by atoms with Gasteiger partial charge in [0.25, 0.3) is 5.91 Å². The summed E-state index contributed by atoms with van der Waals surface area (Å²) in [4.78, 5) is 19.7. The van der Waals surface area contributed by atoms with Crippen LogP contribution in [0.3, 0.4) is 0 Å². The number of fused-ring (bicyclic) bond motifs is 4. The molecular formula is C38H48ClN3O5S. The van der Waals surface area contributed by atoms with Crippen LogP contribution in [0.2, 0.25) is 5.02 Å². The first-order valence-corrected chi connectivity index (χ1v) is 18.8. The summed E-state index contributed by atoms with van der Waals surface area (Å²) in [7, 11) is 0.305. The molecular weight excluding hydrogens is 646 g/mol. The van der Waals surface area contributed by atoms with Gasteiger partial charge in [-0.15, -0.1) is 0 Å². The molecule has 7 rings (SSSR count). The van der Waals surface area contributed by atoms with Gasteiger partial charge in [-0.25, -0.2) is 9.19 Å². The fourth-order valence-corrected chi connectivity index (χ4v) is 8.95. The third-order valence-corrected chi connectivity index (χ3v) is 12.6. The molecule has 8 nitrogen and oxygen atoms in total. The number of nitrogens with zero attached hydrogens (tertiary/aromatic N) is 2. The molecule has 1 N–H and O–H groups in total. The van der Waals surface area contributed by atoms with Crippen molar-refractivity contribution in [1.29, 1.82) is 0 Å². The van der Waals surface area contributed by atoms with E-state index in [1.54, 1.807) is 19.4 Å². The fraction of sp³-hybridized carbons (Fsp3) is 0.526. The number of aromatic nitrogens is 1. The van der Waals surface area contributed by atoms with E-state index in [1.165, 1.54) is 11.1 Å². The van der Waals surface area contributed by atoms with Crippen LogP contribution in [0.5, 0.6) is 5.75 Å².